The van der Waals surface area contributed by atoms with Crippen molar-refractivity contribution in [3.8, 4) is 0 Å². The van der Waals surface area contributed by atoms with Crippen molar-refractivity contribution in [2.45, 2.75) is 45.8 Å². The molecule has 0 bridgehead atoms. The van der Waals surface area contributed by atoms with Gasteiger partial charge >= 0.3 is 0 Å². The molecule has 3 atom stereocenters. The lowest BCUT2D eigenvalue weighted by Crippen LogP contribution is -2.45. The van der Waals surface area contributed by atoms with Gasteiger partial charge in [-0.3, -0.25) is 4.90 Å². The molecule has 0 amide bonds. The van der Waals surface area contributed by atoms with Gasteiger partial charge in [-0.05, 0) is 31.1 Å². The second-order valence-electron chi connectivity index (χ2n) is 6.15. The second-order valence-corrected chi connectivity index (χ2v) is 7.30. The van der Waals surface area contributed by atoms with Gasteiger partial charge in [-0.25, -0.2) is 0 Å². The highest BCUT2D eigenvalue weighted by Crippen LogP contribution is 2.41. The zero-order chi connectivity index (χ0) is 11.8. The van der Waals surface area contributed by atoms with E-state index in [-0.39, 0.29) is 11.5 Å². The molecular weight excluding hydrogens is 218 g/mol. The van der Waals surface area contributed by atoms with E-state index >= 15 is 0 Å². The number of hydrogen-bond acceptors (Lipinski definition) is 3. The van der Waals surface area contributed by atoms with Gasteiger partial charge in [0, 0.05) is 30.6 Å². The van der Waals surface area contributed by atoms with Gasteiger partial charge < -0.3 is 5.11 Å². The first-order valence-electron chi connectivity index (χ1n) is 6.50. The average Bonchev–Trinajstić information content (AvgIpc) is 2.49. The van der Waals surface area contributed by atoms with Gasteiger partial charge in [0.2, 0.25) is 0 Å². The molecule has 0 aromatic carbocycles. The first-order valence-corrected chi connectivity index (χ1v) is 7.66. The molecule has 1 heterocycles. The summed E-state index contributed by atoms with van der Waals surface area (Å²) in [5, 5.41) is 10.3. The van der Waals surface area contributed by atoms with Crippen LogP contribution >= 0.6 is 11.8 Å². The predicted molar refractivity (Wildman–Crippen MR) is 70.9 cm³/mol. The molecule has 1 saturated heterocycles. The smallest absolute Gasteiger partial charge is 0.0631 e. The van der Waals surface area contributed by atoms with Gasteiger partial charge in [-0.1, -0.05) is 13.8 Å². The second kappa shape index (κ2) is 4.87. The van der Waals surface area contributed by atoms with Crippen molar-refractivity contribution in [3.63, 3.8) is 0 Å². The van der Waals surface area contributed by atoms with E-state index in [1.165, 1.54) is 30.9 Å². The first-order chi connectivity index (χ1) is 7.50. The fourth-order valence-corrected chi connectivity index (χ4v) is 4.11. The summed E-state index contributed by atoms with van der Waals surface area (Å²) in [7, 11) is 0. The molecule has 3 heteroatoms. The van der Waals surface area contributed by atoms with Crippen LogP contribution in [0.4, 0.5) is 0 Å². The summed E-state index contributed by atoms with van der Waals surface area (Å²) in [6.07, 6.45) is 2.27. The van der Waals surface area contributed by atoms with Crippen LogP contribution in [0.5, 0.6) is 0 Å². The molecule has 2 fully saturated rings. The van der Waals surface area contributed by atoms with Crippen LogP contribution < -0.4 is 0 Å². The Bertz CT molecular complexity index is 244. The van der Waals surface area contributed by atoms with E-state index < -0.39 is 0 Å². The Morgan fingerprint density at radius 2 is 2.19 bits per heavy atom. The molecule has 1 aliphatic carbocycles. The standard InChI is InChI=1S/C13H25NOS/c1-10-9-16-7-6-14(10)8-11-4-5-13(2,3)12(11)15/h10-12,15H,4-9H2,1-3H3. The third-order valence-corrected chi connectivity index (χ3v) is 5.57. The highest BCUT2D eigenvalue weighted by molar-refractivity contribution is 7.99. The Morgan fingerprint density at radius 1 is 1.44 bits per heavy atom. The Morgan fingerprint density at radius 3 is 2.75 bits per heavy atom. The van der Waals surface area contributed by atoms with Crippen LogP contribution in [-0.2, 0) is 0 Å². The molecule has 94 valence electrons. The lowest BCUT2D eigenvalue weighted by atomic mass is 9.87. The van der Waals surface area contributed by atoms with Crippen molar-refractivity contribution >= 4 is 11.8 Å². The maximum absolute atomic E-state index is 10.3. The Kier molecular flexibility index (Phi) is 3.87. The lowest BCUT2D eigenvalue weighted by molar-refractivity contribution is 0.0293. The third-order valence-electron chi connectivity index (χ3n) is 4.38. The summed E-state index contributed by atoms with van der Waals surface area (Å²) in [5.74, 6) is 3.02. The zero-order valence-electron chi connectivity index (χ0n) is 10.8. The number of rotatable bonds is 2. The summed E-state index contributed by atoms with van der Waals surface area (Å²) in [6, 6.07) is 0.690. The van der Waals surface area contributed by atoms with Gasteiger partial charge in [0.05, 0.1) is 6.10 Å². The molecular formula is C13H25NOS. The molecule has 0 aromatic rings. The molecule has 1 N–H and O–H groups in total. The number of hydrogen-bond donors (Lipinski definition) is 1. The summed E-state index contributed by atoms with van der Waals surface area (Å²) in [6.45, 7) is 9.03. The van der Waals surface area contributed by atoms with E-state index in [1.54, 1.807) is 0 Å². The molecule has 0 radical (unpaired) electrons. The van der Waals surface area contributed by atoms with E-state index in [4.69, 9.17) is 0 Å². The van der Waals surface area contributed by atoms with E-state index in [0.717, 1.165) is 6.54 Å². The minimum atomic E-state index is -0.103. The minimum absolute atomic E-state index is 0.103. The quantitative estimate of drug-likeness (QED) is 0.804. The summed E-state index contributed by atoms with van der Waals surface area (Å²) < 4.78 is 0. The molecule has 16 heavy (non-hydrogen) atoms. The molecule has 0 spiro atoms. The number of nitrogens with zero attached hydrogens (tertiary/aromatic N) is 1. The van der Waals surface area contributed by atoms with Crippen LogP contribution in [0.15, 0.2) is 0 Å². The molecule has 1 aliphatic heterocycles. The van der Waals surface area contributed by atoms with Crippen molar-refractivity contribution in [2.24, 2.45) is 11.3 Å². The SMILES string of the molecule is CC1CSCCN1CC1CCC(C)(C)C1O. The van der Waals surface area contributed by atoms with Crippen molar-refractivity contribution in [3.05, 3.63) is 0 Å². The highest BCUT2D eigenvalue weighted by atomic mass is 32.2. The van der Waals surface area contributed by atoms with Crippen molar-refractivity contribution in [1.29, 1.82) is 0 Å². The van der Waals surface area contributed by atoms with Crippen LogP contribution in [0.25, 0.3) is 0 Å². The van der Waals surface area contributed by atoms with Crippen LogP contribution in [0.2, 0.25) is 0 Å². The molecule has 1 saturated carbocycles. The number of aliphatic hydroxyl groups is 1. The van der Waals surface area contributed by atoms with Crippen molar-refractivity contribution < 1.29 is 5.11 Å². The summed E-state index contributed by atoms with van der Waals surface area (Å²) in [5.41, 5.74) is 0.137. The van der Waals surface area contributed by atoms with Gasteiger partial charge in [0.1, 0.15) is 0 Å². The van der Waals surface area contributed by atoms with Gasteiger partial charge in [-0.15, -0.1) is 0 Å². The Labute approximate surface area is 104 Å². The van der Waals surface area contributed by atoms with Gasteiger partial charge in [0.25, 0.3) is 0 Å². The molecule has 2 aliphatic rings. The largest absolute Gasteiger partial charge is 0.392 e. The van der Waals surface area contributed by atoms with Crippen molar-refractivity contribution in [1.82, 2.24) is 4.90 Å². The molecule has 2 rings (SSSR count). The summed E-state index contributed by atoms with van der Waals surface area (Å²) >= 11 is 2.06. The lowest BCUT2D eigenvalue weighted by Gasteiger charge is -2.36. The molecule has 3 unspecified atom stereocenters. The maximum atomic E-state index is 10.3. The first kappa shape index (κ1) is 12.7. The number of thioether (sulfide) groups is 1. The van der Waals surface area contributed by atoms with Crippen LogP contribution in [0.3, 0.4) is 0 Å². The normalized spacial score (nSPS) is 40.1. The average molecular weight is 243 g/mol. The third kappa shape index (κ3) is 2.57. The van der Waals surface area contributed by atoms with E-state index in [1.807, 2.05) is 0 Å². The minimum Gasteiger partial charge on any atom is -0.392 e. The van der Waals surface area contributed by atoms with Crippen LogP contribution in [0, 0.1) is 11.3 Å². The Hall–Kier alpha value is 0.270. The van der Waals surface area contributed by atoms with Crippen LogP contribution in [-0.4, -0.2) is 46.7 Å². The molecule has 2 nitrogen and oxygen atoms in total. The fraction of sp³-hybridized carbons (Fsp3) is 1.00. The maximum Gasteiger partial charge on any atom is 0.0631 e. The fourth-order valence-electron chi connectivity index (χ4n) is 3.03. The monoisotopic (exact) mass is 243 g/mol. The topological polar surface area (TPSA) is 23.5 Å². The van der Waals surface area contributed by atoms with Gasteiger partial charge in [-0.2, -0.15) is 11.8 Å². The van der Waals surface area contributed by atoms with Gasteiger partial charge in [0.15, 0.2) is 0 Å². The van der Waals surface area contributed by atoms with E-state index in [9.17, 15) is 5.11 Å². The summed E-state index contributed by atoms with van der Waals surface area (Å²) in [4.78, 5) is 2.58. The predicted octanol–water partition coefficient (Wildman–Crippen LogP) is 2.22. The van der Waals surface area contributed by atoms with Crippen molar-refractivity contribution in [2.75, 3.05) is 24.6 Å². The Balaban J connectivity index is 1.90. The van der Waals surface area contributed by atoms with E-state index in [0.29, 0.717) is 12.0 Å². The molecule has 0 aromatic heterocycles. The van der Waals surface area contributed by atoms with Crippen LogP contribution in [0.1, 0.15) is 33.6 Å². The number of aliphatic hydroxyl groups excluding tert-OH is 1. The highest BCUT2D eigenvalue weighted by Gasteiger charge is 2.41. The zero-order valence-corrected chi connectivity index (χ0v) is 11.6. The van der Waals surface area contributed by atoms with E-state index in [2.05, 4.69) is 37.4 Å².